The first kappa shape index (κ1) is 13.5. The van der Waals surface area contributed by atoms with E-state index in [1.165, 1.54) is 0 Å². The zero-order valence-corrected chi connectivity index (χ0v) is 10.5. The number of hydrogen-bond donors (Lipinski definition) is 2. The predicted octanol–water partition coefficient (Wildman–Crippen LogP) is 2.08. The predicted molar refractivity (Wildman–Crippen MR) is 65.9 cm³/mol. The molecule has 0 aliphatic heterocycles. The molecule has 17 heavy (non-hydrogen) atoms. The van der Waals surface area contributed by atoms with Crippen molar-refractivity contribution in [3.8, 4) is 5.75 Å². The first-order valence-electron chi connectivity index (χ1n) is 5.65. The first-order valence-corrected chi connectivity index (χ1v) is 5.65. The Morgan fingerprint density at radius 2 is 1.94 bits per heavy atom. The number of likely N-dealkylation sites (N-methyl/N-ethyl adjacent to an activating group) is 1. The number of aliphatic carboxylic acids is 1. The topological polar surface area (TPSA) is 60.8 Å². The van der Waals surface area contributed by atoms with Crippen molar-refractivity contribution >= 4 is 5.97 Å². The summed E-state index contributed by atoms with van der Waals surface area (Å²) >= 11 is 0. The Bertz CT molecular complexity index is 401. The van der Waals surface area contributed by atoms with E-state index in [0.29, 0.717) is 13.1 Å². The Morgan fingerprint density at radius 1 is 1.35 bits per heavy atom. The van der Waals surface area contributed by atoms with Gasteiger partial charge in [-0.25, -0.2) is 0 Å². The van der Waals surface area contributed by atoms with Gasteiger partial charge in [-0.3, -0.25) is 9.69 Å². The summed E-state index contributed by atoms with van der Waals surface area (Å²) in [6.07, 6.45) is 0. The van der Waals surface area contributed by atoms with Crippen molar-refractivity contribution in [1.29, 1.82) is 0 Å². The third-order valence-electron chi connectivity index (χ3n) is 3.05. The van der Waals surface area contributed by atoms with Crippen LogP contribution in [0, 0.1) is 0 Å². The quantitative estimate of drug-likeness (QED) is 0.823. The monoisotopic (exact) mass is 237 g/mol. The second-order valence-electron chi connectivity index (χ2n) is 4.51. The molecule has 0 bridgehead atoms. The van der Waals surface area contributed by atoms with Crippen molar-refractivity contribution in [3.05, 3.63) is 29.8 Å². The highest BCUT2D eigenvalue weighted by Crippen LogP contribution is 2.22. The zero-order chi connectivity index (χ0) is 13.1. The van der Waals surface area contributed by atoms with Gasteiger partial charge in [-0.2, -0.15) is 0 Å². The Morgan fingerprint density at radius 3 is 2.41 bits per heavy atom. The number of nitrogens with zero attached hydrogens (tertiary/aromatic N) is 1. The molecule has 0 saturated heterocycles. The summed E-state index contributed by atoms with van der Waals surface area (Å²) < 4.78 is 0. The van der Waals surface area contributed by atoms with E-state index in [0.717, 1.165) is 5.56 Å². The van der Waals surface area contributed by atoms with Crippen LogP contribution in [0.5, 0.6) is 5.75 Å². The van der Waals surface area contributed by atoms with E-state index in [1.54, 1.807) is 32.0 Å². The molecule has 1 rings (SSSR count). The van der Waals surface area contributed by atoms with E-state index in [4.69, 9.17) is 0 Å². The minimum Gasteiger partial charge on any atom is -0.508 e. The highest BCUT2D eigenvalue weighted by Gasteiger charge is 2.33. The standard InChI is InChI=1S/C13H19NO3/c1-4-14(13(2,3)12(16)17)9-10-7-5-6-8-11(10)15/h5-8,15H,4,9H2,1-3H3,(H,16,17). The normalized spacial score (nSPS) is 11.8. The first-order chi connectivity index (χ1) is 7.89. The minimum absolute atomic E-state index is 0.201. The molecule has 0 atom stereocenters. The van der Waals surface area contributed by atoms with Crippen LogP contribution in [0.4, 0.5) is 0 Å². The van der Waals surface area contributed by atoms with Gasteiger partial charge in [0.25, 0.3) is 0 Å². The third-order valence-corrected chi connectivity index (χ3v) is 3.05. The van der Waals surface area contributed by atoms with Gasteiger partial charge in [0.1, 0.15) is 11.3 Å². The average Bonchev–Trinajstić information content (AvgIpc) is 2.27. The Balaban J connectivity index is 2.92. The molecule has 0 radical (unpaired) electrons. The smallest absolute Gasteiger partial charge is 0.323 e. The van der Waals surface area contributed by atoms with Gasteiger partial charge in [0.15, 0.2) is 0 Å². The molecule has 0 saturated carbocycles. The van der Waals surface area contributed by atoms with Crippen molar-refractivity contribution in [2.24, 2.45) is 0 Å². The van der Waals surface area contributed by atoms with Crippen molar-refractivity contribution < 1.29 is 15.0 Å². The number of hydrogen-bond acceptors (Lipinski definition) is 3. The van der Waals surface area contributed by atoms with E-state index >= 15 is 0 Å². The van der Waals surface area contributed by atoms with Crippen LogP contribution >= 0.6 is 0 Å². The van der Waals surface area contributed by atoms with Crippen LogP contribution in [0.1, 0.15) is 26.3 Å². The number of benzene rings is 1. The molecule has 0 heterocycles. The maximum absolute atomic E-state index is 11.2. The molecule has 0 aromatic heterocycles. The van der Waals surface area contributed by atoms with Crippen LogP contribution < -0.4 is 0 Å². The van der Waals surface area contributed by atoms with Crippen molar-refractivity contribution in [2.45, 2.75) is 32.9 Å². The molecular formula is C13H19NO3. The summed E-state index contributed by atoms with van der Waals surface area (Å²) in [5.41, 5.74) is -0.208. The van der Waals surface area contributed by atoms with Gasteiger partial charge in [0, 0.05) is 12.1 Å². The van der Waals surface area contributed by atoms with Gasteiger partial charge in [-0.15, -0.1) is 0 Å². The van der Waals surface area contributed by atoms with E-state index in [2.05, 4.69) is 0 Å². The van der Waals surface area contributed by atoms with Gasteiger partial charge in [0.05, 0.1) is 0 Å². The summed E-state index contributed by atoms with van der Waals surface area (Å²) in [6, 6.07) is 6.99. The number of phenolic OH excluding ortho intramolecular Hbond substituents is 1. The van der Waals surface area contributed by atoms with E-state index < -0.39 is 11.5 Å². The number of aromatic hydroxyl groups is 1. The number of carboxylic acid groups (broad SMARTS) is 1. The van der Waals surface area contributed by atoms with Crippen LogP contribution in [-0.2, 0) is 11.3 Å². The molecule has 4 nitrogen and oxygen atoms in total. The Labute approximate surface area is 101 Å². The lowest BCUT2D eigenvalue weighted by atomic mass is 10.0. The molecule has 0 spiro atoms. The molecule has 0 amide bonds. The number of carbonyl (C=O) groups is 1. The molecule has 2 N–H and O–H groups in total. The van der Waals surface area contributed by atoms with E-state index in [9.17, 15) is 15.0 Å². The third kappa shape index (κ3) is 2.97. The summed E-state index contributed by atoms with van der Waals surface area (Å²) in [7, 11) is 0. The second-order valence-corrected chi connectivity index (χ2v) is 4.51. The molecule has 0 aliphatic carbocycles. The number of carboxylic acids is 1. The van der Waals surface area contributed by atoms with Crippen molar-refractivity contribution in [1.82, 2.24) is 4.90 Å². The SMILES string of the molecule is CCN(Cc1ccccc1O)C(C)(C)C(=O)O. The van der Waals surface area contributed by atoms with Gasteiger partial charge in [0.2, 0.25) is 0 Å². The van der Waals surface area contributed by atoms with Gasteiger partial charge in [-0.1, -0.05) is 25.1 Å². The molecule has 0 fully saturated rings. The maximum Gasteiger partial charge on any atom is 0.323 e. The largest absolute Gasteiger partial charge is 0.508 e. The highest BCUT2D eigenvalue weighted by atomic mass is 16.4. The molecule has 1 aromatic carbocycles. The summed E-state index contributed by atoms with van der Waals surface area (Å²) in [6.45, 7) is 6.26. The molecule has 0 unspecified atom stereocenters. The van der Waals surface area contributed by atoms with Gasteiger partial charge < -0.3 is 10.2 Å². The fourth-order valence-electron chi connectivity index (χ4n) is 1.69. The van der Waals surface area contributed by atoms with Crippen LogP contribution in [0.15, 0.2) is 24.3 Å². The molecule has 0 aliphatic rings. The van der Waals surface area contributed by atoms with E-state index in [-0.39, 0.29) is 5.75 Å². The lowest BCUT2D eigenvalue weighted by molar-refractivity contribution is -0.149. The minimum atomic E-state index is -0.947. The number of para-hydroxylation sites is 1. The van der Waals surface area contributed by atoms with Crippen LogP contribution in [0.25, 0.3) is 0 Å². The lowest BCUT2D eigenvalue weighted by Crippen LogP contribution is -2.49. The van der Waals surface area contributed by atoms with Crippen LogP contribution in [-0.4, -0.2) is 33.2 Å². The number of phenols is 1. The van der Waals surface area contributed by atoms with Gasteiger partial charge in [-0.05, 0) is 26.5 Å². The zero-order valence-electron chi connectivity index (χ0n) is 10.5. The molecular weight excluding hydrogens is 218 g/mol. The van der Waals surface area contributed by atoms with Gasteiger partial charge >= 0.3 is 5.97 Å². The van der Waals surface area contributed by atoms with Crippen LogP contribution in [0.3, 0.4) is 0 Å². The second kappa shape index (κ2) is 5.19. The molecule has 1 aromatic rings. The Kier molecular flexibility index (Phi) is 4.12. The summed E-state index contributed by atoms with van der Waals surface area (Å²) in [5.74, 6) is -0.665. The molecule has 94 valence electrons. The van der Waals surface area contributed by atoms with Crippen molar-refractivity contribution in [3.63, 3.8) is 0 Å². The maximum atomic E-state index is 11.2. The average molecular weight is 237 g/mol. The fourth-order valence-corrected chi connectivity index (χ4v) is 1.69. The summed E-state index contributed by atoms with van der Waals surface area (Å²) in [5, 5.41) is 18.9. The Hall–Kier alpha value is -1.55. The number of rotatable bonds is 5. The van der Waals surface area contributed by atoms with Crippen molar-refractivity contribution in [2.75, 3.05) is 6.54 Å². The highest BCUT2D eigenvalue weighted by molar-refractivity contribution is 5.77. The molecule has 4 heteroatoms. The lowest BCUT2D eigenvalue weighted by Gasteiger charge is -2.34. The van der Waals surface area contributed by atoms with Crippen LogP contribution in [0.2, 0.25) is 0 Å². The fraction of sp³-hybridized carbons (Fsp3) is 0.462. The van der Waals surface area contributed by atoms with E-state index in [1.807, 2.05) is 17.9 Å². The summed E-state index contributed by atoms with van der Waals surface area (Å²) in [4.78, 5) is 13.0.